The molecule has 0 saturated carbocycles. The Morgan fingerprint density at radius 2 is 2.14 bits per heavy atom. The highest BCUT2D eigenvalue weighted by Crippen LogP contribution is 2.58. The zero-order valence-corrected chi connectivity index (χ0v) is 12.2. The Morgan fingerprint density at radius 1 is 1.41 bits per heavy atom. The summed E-state index contributed by atoms with van der Waals surface area (Å²) in [4.78, 5) is 26.3. The van der Waals surface area contributed by atoms with Crippen molar-refractivity contribution in [1.82, 2.24) is 4.90 Å². The Kier molecular flexibility index (Phi) is 2.58. The lowest BCUT2D eigenvalue weighted by molar-refractivity contribution is -0.156. The van der Waals surface area contributed by atoms with Crippen LogP contribution in [0.1, 0.15) is 12.5 Å². The minimum Gasteiger partial charge on any atom is -0.481 e. The molecule has 3 aliphatic rings. The largest absolute Gasteiger partial charge is 0.481 e. The second-order valence-electron chi connectivity index (χ2n) is 6.55. The van der Waals surface area contributed by atoms with Crippen molar-refractivity contribution in [3.05, 3.63) is 48.0 Å². The highest BCUT2D eigenvalue weighted by molar-refractivity contribution is 5.93. The first-order valence-electron chi connectivity index (χ1n) is 7.41. The van der Waals surface area contributed by atoms with Crippen LogP contribution in [0.25, 0.3) is 0 Å². The van der Waals surface area contributed by atoms with Gasteiger partial charge in [-0.25, -0.2) is 0 Å². The third kappa shape index (κ3) is 1.52. The number of nitrogens with zero attached hydrogens (tertiary/aromatic N) is 1. The van der Waals surface area contributed by atoms with E-state index in [4.69, 9.17) is 4.74 Å². The molecule has 1 N–H and O–H groups in total. The molecule has 0 radical (unpaired) electrons. The molecule has 22 heavy (non-hydrogen) atoms. The second kappa shape index (κ2) is 4.20. The Hall–Kier alpha value is -2.14. The minimum atomic E-state index is -1.18. The lowest BCUT2D eigenvalue weighted by Gasteiger charge is -2.30. The molecule has 1 aromatic rings. The maximum Gasteiger partial charge on any atom is 0.313 e. The molecule has 0 aliphatic carbocycles. The van der Waals surface area contributed by atoms with Crippen LogP contribution in [0.2, 0.25) is 0 Å². The van der Waals surface area contributed by atoms with Gasteiger partial charge < -0.3 is 14.7 Å². The Bertz CT molecular complexity index is 685. The normalized spacial score (nSPS) is 38.6. The van der Waals surface area contributed by atoms with Gasteiger partial charge in [0.1, 0.15) is 11.0 Å². The van der Waals surface area contributed by atoms with Gasteiger partial charge >= 0.3 is 5.97 Å². The lowest BCUT2D eigenvalue weighted by Crippen LogP contribution is -2.47. The number of rotatable bonds is 3. The van der Waals surface area contributed by atoms with Crippen molar-refractivity contribution in [2.45, 2.75) is 25.2 Å². The number of carbonyl (C=O) groups is 2. The zero-order chi connectivity index (χ0) is 15.5. The van der Waals surface area contributed by atoms with E-state index in [1.54, 1.807) is 17.9 Å². The summed E-state index contributed by atoms with van der Waals surface area (Å²) in [5.74, 6) is -1.74. The van der Waals surface area contributed by atoms with Gasteiger partial charge in [0.05, 0.1) is 18.6 Å². The Labute approximate surface area is 128 Å². The predicted octanol–water partition coefficient (Wildman–Crippen LogP) is 1.44. The average molecular weight is 299 g/mol. The van der Waals surface area contributed by atoms with Crippen LogP contribution in [0, 0.1) is 11.3 Å². The van der Waals surface area contributed by atoms with Gasteiger partial charge in [-0.2, -0.15) is 0 Å². The summed E-state index contributed by atoms with van der Waals surface area (Å²) in [7, 11) is 0. The summed E-state index contributed by atoms with van der Waals surface area (Å²) in [6, 6.07) is 9.71. The van der Waals surface area contributed by atoms with Crippen molar-refractivity contribution in [2.75, 3.05) is 6.54 Å². The number of aliphatic carboxylic acids is 1. The molecular weight excluding hydrogens is 282 g/mol. The molecule has 2 bridgehead atoms. The predicted molar refractivity (Wildman–Crippen MR) is 77.8 cm³/mol. The van der Waals surface area contributed by atoms with Crippen LogP contribution in [0.4, 0.5) is 0 Å². The second-order valence-corrected chi connectivity index (χ2v) is 6.55. The number of ether oxygens (including phenoxy) is 1. The van der Waals surface area contributed by atoms with Crippen molar-refractivity contribution < 1.29 is 19.4 Å². The number of carboxylic acid groups (broad SMARTS) is 1. The smallest absolute Gasteiger partial charge is 0.313 e. The van der Waals surface area contributed by atoms with Crippen molar-refractivity contribution in [3.8, 4) is 0 Å². The molecular formula is C17H17NO4. The third-order valence-corrected chi connectivity index (χ3v) is 5.25. The van der Waals surface area contributed by atoms with Crippen LogP contribution < -0.4 is 0 Å². The van der Waals surface area contributed by atoms with Gasteiger partial charge in [0.15, 0.2) is 0 Å². The Balaban J connectivity index is 1.68. The quantitative estimate of drug-likeness (QED) is 0.858. The number of amides is 1. The van der Waals surface area contributed by atoms with E-state index in [9.17, 15) is 14.7 Å². The maximum absolute atomic E-state index is 12.8. The topological polar surface area (TPSA) is 66.8 Å². The fourth-order valence-corrected chi connectivity index (χ4v) is 4.11. The van der Waals surface area contributed by atoms with E-state index in [0.29, 0.717) is 13.1 Å². The molecule has 2 saturated heterocycles. The van der Waals surface area contributed by atoms with Crippen LogP contribution >= 0.6 is 0 Å². The van der Waals surface area contributed by atoms with E-state index in [2.05, 4.69) is 0 Å². The van der Waals surface area contributed by atoms with Crippen molar-refractivity contribution in [3.63, 3.8) is 0 Å². The highest BCUT2D eigenvalue weighted by atomic mass is 16.5. The first-order chi connectivity index (χ1) is 10.5. The maximum atomic E-state index is 12.8. The fourth-order valence-electron chi connectivity index (χ4n) is 4.11. The van der Waals surface area contributed by atoms with Crippen LogP contribution in [0.15, 0.2) is 42.5 Å². The van der Waals surface area contributed by atoms with E-state index in [-0.39, 0.29) is 5.91 Å². The van der Waals surface area contributed by atoms with Crippen molar-refractivity contribution in [2.24, 2.45) is 11.3 Å². The van der Waals surface area contributed by atoms with Crippen LogP contribution in [-0.2, 0) is 20.9 Å². The molecule has 3 heterocycles. The first kappa shape index (κ1) is 13.5. The van der Waals surface area contributed by atoms with Gasteiger partial charge in [-0.05, 0) is 12.5 Å². The molecule has 1 aromatic carbocycles. The molecule has 1 amide bonds. The molecule has 0 aromatic heterocycles. The standard InChI is InChI=1S/C17H17NO4/c1-16(15(20)21)12-7-8-17(22-12)10-18(14(19)13(16)17)9-11-5-3-2-4-6-11/h2-8,12-13H,9-10H2,1H3,(H,20,21)/t12-,13-,16-,17-/m1/s1. The van der Waals surface area contributed by atoms with Gasteiger partial charge in [0.2, 0.25) is 5.91 Å². The number of fused-ring (bicyclic) bond motifs is 1. The summed E-state index contributed by atoms with van der Waals surface area (Å²) in [6.07, 6.45) is 3.16. The fraction of sp³-hybridized carbons (Fsp3) is 0.412. The summed E-state index contributed by atoms with van der Waals surface area (Å²) < 4.78 is 5.94. The van der Waals surface area contributed by atoms with E-state index in [0.717, 1.165) is 5.56 Å². The molecule has 2 fully saturated rings. The molecule has 5 nitrogen and oxygen atoms in total. The summed E-state index contributed by atoms with van der Waals surface area (Å²) >= 11 is 0. The number of hydrogen-bond donors (Lipinski definition) is 1. The van der Waals surface area contributed by atoms with E-state index < -0.39 is 29.0 Å². The molecule has 5 heteroatoms. The number of carbonyl (C=O) groups excluding carboxylic acids is 1. The van der Waals surface area contributed by atoms with Gasteiger partial charge in [0, 0.05) is 6.54 Å². The number of likely N-dealkylation sites (tertiary alicyclic amines) is 1. The Morgan fingerprint density at radius 3 is 2.82 bits per heavy atom. The number of benzene rings is 1. The molecule has 4 atom stereocenters. The highest BCUT2D eigenvalue weighted by Gasteiger charge is 2.72. The summed E-state index contributed by atoms with van der Waals surface area (Å²) in [5.41, 5.74) is -0.927. The molecule has 114 valence electrons. The zero-order valence-electron chi connectivity index (χ0n) is 12.2. The van der Waals surface area contributed by atoms with E-state index in [1.807, 2.05) is 36.4 Å². The monoisotopic (exact) mass is 299 g/mol. The van der Waals surface area contributed by atoms with Gasteiger partial charge in [0.25, 0.3) is 0 Å². The lowest BCUT2D eigenvalue weighted by atomic mass is 9.66. The molecule has 4 rings (SSSR count). The SMILES string of the molecule is C[C@]1(C(=O)O)[C@H]2C(=O)N(Cc3ccccc3)C[C@]23C=C[C@H]1O3. The molecule has 0 unspecified atom stereocenters. The van der Waals surface area contributed by atoms with Crippen molar-refractivity contribution >= 4 is 11.9 Å². The van der Waals surface area contributed by atoms with Crippen LogP contribution in [-0.4, -0.2) is 40.1 Å². The van der Waals surface area contributed by atoms with Crippen molar-refractivity contribution in [1.29, 1.82) is 0 Å². The summed E-state index contributed by atoms with van der Waals surface area (Å²) in [5, 5.41) is 9.65. The first-order valence-corrected chi connectivity index (χ1v) is 7.41. The third-order valence-electron chi connectivity index (χ3n) is 5.25. The minimum absolute atomic E-state index is 0.124. The van der Waals surface area contributed by atoms with Crippen LogP contribution in [0.3, 0.4) is 0 Å². The molecule has 3 aliphatic heterocycles. The van der Waals surface area contributed by atoms with E-state index in [1.165, 1.54) is 0 Å². The van der Waals surface area contributed by atoms with E-state index >= 15 is 0 Å². The number of hydrogen-bond acceptors (Lipinski definition) is 3. The number of carboxylic acids is 1. The van der Waals surface area contributed by atoms with Gasteiger partial charge in [-0.3, -0.25) is 9.59 Å². The van der Waals surface area contributed by atoms with Gasteiger partial charge in [-0.1, -0.05) is 42.5 Å². The summed E-state index contributed by atoms with van der Waals surface area (Å²) in [6.45, 7) is 2.52. The van der Waals surface area contributed by atoms with Crippen LogP contribution in [0.5, 0.6) is 0 Å². The average Bonchev–Trinajstić information content (AvgIpc) is 3.10. The molecule has 1 spiro atoms. The van der Waals surface area contributed by atoms with Gasteiger partial charge in [-0.15, -0.1) is 0 Å².